The Hall–Kier alpha value is -1.10. The summed E-state index contributed by atoms with van der Waals surface area (Å²) in [7, 11) is 3.77. The maximum Gasteiger partial charge on any atom is 0.359 e. The molecule has 0 saturated carbocycles. The summed E-state index contributed by atoms with van der Waals surface area (Å²) in [6.45, 7) is 3.82. The molecule has 0 spiro atoms. The minimum atomic E-state index is -0.796. The van der Waals surface area contributed by atoms with Crippen LogP contribution in [0.25, 0.3) is 0 Å². The Labute approximate surface area is 154 Å². The number of unbranched alkanes of at least 4 members (excludes halogenated alkanes) is 9. The number of nitrogens with zero attached hydrogens (tertiary/aromatic N) is 1. The largest absolute Gasteiger partial charge is 0.477 e. The van der Waals surface area contributed by atoms with Gasteiger partial charge in [0.25, 0.3) is 0 Å². The van der Waals surface area contributed by atoms with Crippen molar-refractivity contribution in [1.29, 1.82) is 0 Å². The zero-order chi connectivity index (χ0) is 19.0. The van der Waals surface area contributed by atoms with Crippen molar-refractivity contribution in [3.8, 4) is 0 Å². The number of hydrogen-bond acceptors (Lipinski definition) is 2. The van der Waals surface area contributed by atoms with Crippen molar-refractivity contribution in [3.63, 3.8) is 0 Å². The lowest BCUT2D eigenvalue weighted by Crippen LogP contribution is -2.44. The van der Waals surface area contributed by atoms with E-state index in [4.69, 9.17) is 5.11 Å². The molecular weight excluding hydrogens is 316 g/mol. The SMILES string of the molecule is CCCCCCCCCCCCNC(=O)CCC[N+](C)(C)CC(=O)O. The van der Waals surface area contributed by atoms with Crippen LogP contribution in [0.3, 0.4) is 0 Å². The predicted octanol–water partition coefficient (Wildman–Crippen LogP) is 3.96. The fourth-order valence-electron chi connectivity index (χ4n) is 3.04. The molecule has 1 amide bonds. The molecule has 0 aliphatic heterocycles. The van der Waals surface area contributed by atoms with Crippen LogP contribution in [0.15, 0.2) is 0 Å². The average Bonchev–Trinajstić information content (AvgIpc) is 2.51. The maximum atomic E-state index is 11.8. The fraction of sp³-hybridized carbons (Fsp3) is 0.900. The number of amides is 1. The van der Waals surface area contributed by atoms with E-state index in [-0.39, 0.29) is 12.5 Å². The first-order valence-electron chi connectivity index (χ1n) is 10.2. The third-order valence-corrected chi connectivity index (χ3v) is 4.58. The van der Waals surface area contributed by atoms with Gasteiger partial charge in [-0.3, -0.25) is 4.79 Å². The van der Waals surface area contributed by atoms with Crippen LogP contribution in [-0.4, -0.2) is 55.2 Å². The second-order valence-electron chi connectivity index (χ2n) is 7.85. The van der Waals surface area contributed by atoms with E-state index in [1.165, 1.54) is 57.8 Å². The highest BCUT2D eigenvalue weighted by Crippen LogP contribution is 2.10. The smallest absolute Gasteiger partial charge is 0.359 e. The highest BCUT2D eigenvalue weighted by atomic mass is 16.4. The van der Waals surface area contributed by atoms with Crippen molar-refractivity contribution in [3.05, 3.63) is 0 Å². The molecule has 0 aromatic heterocycles. The molecule has 5 nitrogen and oxygen atoms in total. The lowest BCUT2D eigenvalue weighted by molar-refractivity contribution is -0.883. The highest BCUT2D eigenvalue weighted by Gasteiger charge is 2.19. The van der Waals surface area contributed by atoms with Crippen molar-refractivity contribution in [2.24, 2.45) is 0 Å². The van der Waals surface area contributed by atoms with Crippen molar-refractivity contribution < 1.29 is 19.2 Å². The van der Waals surface area contributed by atoms with Gasteiger partial charge in [0.15, 0.2) is 6.54 Å². The topological polar surface area (TPSA) is 66.4 Å². The van der Waals surface area contributed by atoms with E-state index in [2.05, 4.69) is 12.2 Å². The summed E-state index contributed by atoms with van der Waals surface area (Å²) < 4.78 is 0.418. The number of likely N-dealkylation sites (N-methyl/N-ethyl adjacent to an activating group) is 1. The van der Waals surface area contributed by atoms with Crippen molar-refractivity contribution in [2.45, 2.75) is 84.0 Å². The van der Waals surface area contributed by atoms with E-state index in [0.717, 1.165) is 19.4 Å². The molecule has 0 saturated heterocycles. The van der Waals surface area contributed by atoms with Crippen LogP contribution in [0.1, 0.15) is 84.0 Å². The summed E-state index contributed by atoms with van der Waals surface area (Å²) in [4.78, 5) is 22.5. The van der Waals surface area contributed by atoms with E-state index >= 15 is 0 Å². The van der Waals surface area contributed by atoms with Crippen LogP contribution in [0, 0.1) is 0 Å². The van der Waals surface area contributed by atoms with E-state index in [9.17, 15) is 9.59 Å². The monoisotopic (exact) mass is 357 g/mol. The zero-order valence-corrected chi connectivity index (χ0v) is 16.8. The first-order valence-corrected chi connectivity index (χ1v) is 10.2. The minimum Gasteiger partial charge on any atom is -0.477 e. The molecule has 2 N–H and O–H groups in total. The van der Waals surface area contributed by atoms with Crippen molar-refractivity contribution in [1.82, 2.24) is 5.32 Å². The van der Waals surface area contributed by atoms with Gasteiger partial charge in [0.05, 0.1) is 20.6 Å². The molecule has 148 valence electrons. The van der Waals surface area contributed by atoms with Crippen LogP contribution in [0.2, 0.25) is 0 Å². The molecule has 0 aromatic carbocycles. The summed E-state index contributed by atoms with van der Waals surface area (Å²) in [5.41, 5.74) is 0. The molecule has 0 aliphatic carbocycles. The van der Waals surface area contributed by atoms with Crippen molar-refractivity contribution in [2.75, 3.05) is 33.7 Å². The summed E-state index contributed by atoms with van der Waals surface area (Å²) in [5, 5.41) is 11.8. The van der Waals surface area contributed by atoms with Gasteiger partial charge in [-0.05, 0) is 6.42 Å². The number of hydrogen-bond donors (Lipinski definition) is 2. The Morgan fingerprint density at radius 2 is 1.36 bits per heavy atom. The van der Waals surface area contributed by atoms with Gasteiger partial charge in [0.1, 0.15) is 0 Å². The molecular formula is C20H41N2O3+. The van der Waals surface area contributed by atoms with Gasteiger partial charge in [-0.1, -0.05) is 64.7 Å². The molecule has 0 radical (unpaired) electrons. The Bertz CT molecular complexity index is 357. The van der Waals surface area contributed by atoms with E-state index in [1.807, 2.05) is 14.1 Å². The number of nitrogens with one attached hydrogen (secondary N) is 1. The Morgan fingerprint density at radius 3 is 1.88 bits per heavy atom. The van der Waals surface area contributed by atoms with Gasteiger partial charge < -0.3 is 14.9 Å². The van der Waals surface area contributed by atoms with Crippen LogP contribution in [-0.2, 0) is 9.59 Å². The number of carboxylic acids is 1. The summed E-state index contributed by atoms with van der Waals surface area (Å²) in [6, 6.07) is 0. The lowest BCUT2D eigenvalue weighted by Gasteiger charge is -2.27. The predicted molar refractivity (Wildman–Crippen MR) is 104 cm³/mol. The maximum absolute atomic E-state index is 11.8. The first-order chi connectivity index (χ1) is 11.9. The first kappa shape index (κ1) is 23.9. The third kappa shape index (κ3) is 17.5. The molecule has 0 aromatic rings. The minimum absolute atomic E-state index is 0.0891. The fourth-order valence-corrected chi connectivity index (χ4v) is 3.04. The van der Waals surface area contributed by atoms with Gasteiger partial charge >= 0.3 is 5.97 Å². The Balaban J connectivity index is 3.40. The van der Waals surface area contributed by atoms with Gasteiger partial charge in [-0.2, -0.15) is 0 Å². The molecule has 0 bridgehead atoms. The van der Waals surface area contributed by atoms with Crippen molar-refractivity contribution >= 4 is 11.9 Å². The summed E-state index contributed by atoms with van der Waals surface area (Å²) in [6.07, 6.45) is 14.2. The quantitative estimate of drug-likeness (QED) is 0.306. The zero-order valence-electron chi connectivity index (χ0n) is 16.8. The molecule has 5 heteroatoms. The summed E-state index contributed by atoms with van der Waals surface area (Å²) in [5.74, 6) is -0.707. The second-order valence-corrected chi connectivity index (χ2v) is 7.85. The molecule has 0 unspecified atom stereocenters. The number of aliphatic carboxylic acids is 1. The van der Waals surface area contributed by atoms with Gasteiger partial charge in [0.2, 0.25) is 5.91 Å². The van der Waals surface area contributed by atoms with Gasteiger partial charge in [-0.15, -0.1) is 0 Å². The lowest BCUT2D eigenvalue weighted by atomic mass is 10.1. The van der Waals surface area contributed by atoms with Crippen LogP contribution < -0.4 is 5.32 Å². The summed E-state index contributed by atoms with van der Waals surface area (Å²) >= 11 is 0. The van der Waals surface area contributed by atoms with Crippen LogP contribution >= 0.6 is 0 Å². The van der Waals surface area contributed by atoms with E-state index in [0.29, 0.717) is 17.4 Å². The molecule has 0 fully saturated rings. The molecule has 25 heavy (non-hydrogen) atoms. The number of carboxylic acid groups (broad SMARTS) is 1. The number of carbonyl (C=O) groups excluding carboxylic acids is 1. The van der Waals surface area contributed by atoms with Crippen LogP contribution in [0.5, 0.6) is 0 Å². The normalized spacial score (nSPS) is 11.5. The molecule has 0 aliphatic rings. The molecule has 0 heterocycles. The van der Waals surface area contributed by atoms with Gasteiger partial charge in [0, 0.05) is 19.4 Å². The number of quaternary nitrogens is 1. The Kier molecular flexibility index (Phi) is 14.5. The number of carbonyl (C=O) groups is 2. The second kappa shape index (κ2) is 15.2. The number of rotatable bonds is 17. The van der Waals surface area contributed by atoms with Crippen LogP contribution in [0.4, 0.5) is 0 Å². The van der Waals surface area contributed by atoms with E-state index in [1.54, 1.807) is 0 Å². The Morgan fingerprint density at radius 1 is 0.840 bits per heavy atom. The molecule has 0 atom stereocenters. The van der Waals surface area contributed by atoms with E-state index < -0.39 is 5.97 Å². The third-order valence-electron chi connectivity index (χ3n) is 4.58. The standard InChI is InChI=1S/C20H40N2O3/c1-4-5-6-7-8-9-10-11-12-13-16-21-19(23)15-14-17-22(2,3)18-20(24)25/h4-18H2,1-3H3,(H-,21,23,24,25)/p+1. The highest BCUT2D eigenvalue weighted by molar-refractivity contribution is 5.75. The van der Waals surface area contributed by atoms with Gasteiger partial charge in [-0.25, -0.2) is 4.79 Å². The molecule has 0 rings (SSSR count). The average molecular weight is 358 g/mol.